The lowest BCUT2D eigenvalue weighted by atomic mass is 10.0. The van der Waals surface area contributed by atoms with Crippen molar-refractivity contribution in [3.63, 3.8) is 0 Å². The van der Waals surface area contributed by atoms with Gasteiger partial charge in [-0.3, -0.25) is 9.59 Å². The van der Waals surface area contributed by atoms with E-state index in [1.54, 1.807) is 13.0 Å². The van der Waals surface area contributed by atoms with Gasteiger partial charge in [-0.25, -0.2) is 18.5 Å². The molecule has 33 heavy (non-hydrogen) atoms. The molecule has 0 fully saturated rings. The van der Waals surface area contributed by atoms with Crippen LogP contribution in [0.25, 0.3) is 0 Å². The third kappa shape index (κ3) is 3.93. The molecule has 7 nitrogen and oxygen atoms in total. The molecule has 1 atom stereocenters. The number of nitrogens with zero attached hydrogens (tertiary/aromatic N) is 1. The Kier molecular flexibility index (Phi) is 5.86. The number of carboxylic acid groups (broad SMARTS) is 1. The molecule has 2 amide bonds. The average Bonchev–Trinajstić information content (AvgIpc) is 3.19. The highest BCUT2D eigenvalue weighted by molar-refractivity contribution is 7.12. The number of halogens is 2. The fraction of sp³-hybridized carbons (Fsp3) is 0.174. The number of benzene rings is 2. The second-order valence-electron chi connectivity index (χ2n) is 7.21. The molecule has 1 aromatic heterocycles. The van der Waals surface area contributed by atoms with Crippen molar-refractivity contribution < 1.29 is 37.7 Å². The van der Waals surface area contributed by atoms with Gasteiger partial charge < -0.3 is 14.6 Å². The predicted molar refractivity (Wildman–Crippen MR) is 115 cm³/mol. The number of carbonyl (C=O) groups is 3. The lowest BCUT2D eigenvalue weighted by molar-refractivity contribution is -0.117. The molecule has 170 valence electrons. The molecule has 0 saturated carbocycles. The summed E-state index contributed by atoms with van der Waals surface area (Å²) in [6.45, 7) is 1.57. The van der Waals surface area contributed by atoms with Gasteiger partial charge in [-0.15, -0.1) is 11.3 Å². The first-order valence-electron chi connectivity index (χ1n) is 9.72. The normalized spacial score (nSPS) is 14.1. The van der Waals surface area contributed by atoms with E-state index in [-0.39, 0.29) is 45.2 Å². The van der Waals surface area contributed by atoms with Crippen molar-refractivity contribution in [3.05, 3.63) is 75.0 Å². The fourth-order valence-corrected chi connectivity index (χ4v) is 4.61. The highest BCUT2D eigenvalue weighted by Gasteiger charge is 2.38. The van der Waals surface area contributed by atoms with Gasteiger partial charge >= 0.3 is 5.97 Å². The lowest BCUT2D eigenvalue weighted by Crippen LogP contribution is -2.43. The van der Waals surface area contributed by atoms with Gasteiger partial charge in [0.1, 0.15) is 34.1 Å². The highest BCUT2D eigenvalue weighted by Crippen LogP contribution is 2.36. The molecular weight excluding hydrogens is 456 g/mol. The number of fused-ring (bicyclic) bond motifs is 1. The first-order valence-corrected chi connectivity index (χ1v) is 10.6. The second-order valence-corrected chi connectivity index (χ2v) is 8.09. The number of carboxylic acids is 1. The molecule has 0 aliphatic carbocycles. The number of methoxy groups -OCH3 is 1. The molecule has 0 radical (unpaired) electrons. The molecule has 2 aromatic carbocycles. The maximum atomic E-state index is 14.7. The van der Waals surface area contributed by atoms with Gasteiger partial charge in [-0.1, -0.05) is 6.07 Å². The second kappa shape index (κ2) is 8.62. The van der Waals surface area contributed by atoms with E-state index in [0.717, 1.165) is 23.5 Å². The fourth-order valence-electron chi connectivity index (χ4n) is 3.72. The predicted octanol–water partition coefficient (Wildman–Crippen LogP) is 4.60. The summed E-state index contributed by atoms with van der Waals surface area (Å²) < 4.78 is 40.0. The number of hydrogen-bond acceptors (Lipinski definition) is 6. The third-order valence-corrected chi connectivity index (χ3v) is 6.20. The van der Waals surface area contributed by atoms with Gasteiger partial charge in [0, 0.05) is 6.07 Å². The summed E-state index contributed by atoms with van der Waals surface area (Å²) in [5.41, 5.74) is -0.0904. The molecule has 0 bridgehead atoms. The number of anilines is 1. The Labute approximate surface area is 190 Å². The van der Waals surface area contributed by atoms with Crippen LogP contribution in [-0.2, 0) is 11.2 Å². The average molecular weight is 473 g/mol. The van der Waals surface area contributed by atoms with Crippen LogP contribution in [0.2, 0.25) is 0 Å². The van der Waals surface area contributed by atoms with Crippen LogP contribution in [-0.4, -0.2) is 30.0 Å². The van der Waals surface area contributed by atoms with E-state index < -0.39 is 35.5 Å². The lowest BCUT2D eigenvalue weighted by Gasteiger charge is -2.26. The van der Waals surface area contributed by atoms with Gasteiger partial charge in [0.25, 0.3) is 5.91 Å². The number of aromatic carboxylic acids is 1. The molecular formula is C23H17F2NO6S. The molecule has 0 saturated heterocycles. The van der Waals surface area contributed by atoms with Crippen LogP contribution in [0.3, 0.4) is 0 Å². The van der Waals surface area contributed by atoms with Gasteiger partial charge in [0.05, 0.1) is 30.3 Å². The van der Waals surface area contributed by atoms with Crippen LogP contribution >= 0.6 is 11.3 Å². The van der Waals surface area contributed by atoms with Crippen LogP contribution in [0.4, 0.5) is 14.5 Å². The topological polar surface area (TPSA) is 93.1 Å². The monoisotopic (exact) mass is 473 g/mol. The van der Waals surface area contributed by atoms with Crippen molar-refractivity contribution in [1.82, 2.24) is 0 Å². The van der Waals surface area contributed by atoms with Crippen LogP contribution in [0.15, 0.2) is 41.8 Å². The Morgan fingerprint density at radius 2 is 1.94 bits per heavy atom. The zero-order valence-electron chi connectivity index (χ0n) is 17.4. The van der Waals surface area contributed by atoms with Crippen molar-refractivity contribution in [2.75, 3.05) is 12.0 Å². The van der Waals surface area contributed by atoms with E-state index in [9.17, 15) is 28.3 Å². The molecule has 0 spiro atoms. The minimum absolute atomic E-state index is 0.0689. The van der Waals surface area contributed by atoms with E-state index in [2.05, 4.69) is 0 Å². The summed E-state index contributed by atoms with van der Waals surface area (Å²) in [5.74, 6) is -4.06. The molecule has 1 aliphatic rings. The molecule has 4 rings (SSSR count). The van der Waals surface area contributed by atoms with Crippen molar-refractivity contribution >= 4 is 34.8 Å². The standard InChI is InChI=1S/C23H17F2NO6S/c1-11(19-15(25)4-3-5-17(19)31-2)32-13-6-7-14(24)16(9-13)26-18(27)8-12-10-33-21(23(29)30)20(12)22(26)28/h3-7,9-11H,8H2,1-2H3,(H,29,30). The molecule has 1 unspecified atom stereocenters. The summed E-state index contributed by atoms with van der Waals surface area (Å²) >= 11 is 0.830. The zero-order chi connectivity index (χ0) is 23.9. The summed E-state index contributed by atoms with van der Waals surface area (Å²) in [6.07, 6.45) is -1.10. The van der Waals surface area contributed by atoms with E-state index in [4.69, 9.17) is 9.47 Å². The Morgan fingerprint density at radius 1 is 1.18 bits per heavy atom. The summed E-state index contributed by atoms with van der Waals surface area (Å²) in [4.78, 5) is 37.6. The number of hydrogen-bond donors (Lipinski definition) is 1. The van der Waals surface area contributed by atoms with E-state index in [1.807, 2.05) is 0 Å². The highest BCUT2D eigenvalue weighted by atomic mass is 32.1. The first-order chi connectivity index (χ1) is 15.7. The zero-order valence-corrected chi connectivity index (χ0v) is 18.2. The van der Waals surface area contributed by atoms with Gasteiger partial charge in [-0.05, 0) is 42.1 Å². The van der Waals surface area contributed by atoms with Crippen molar-refractivity contribution in [1.29, 1.82) is 0 Å². The Balaban J connectivity index is 1.70. The Bertz CT molecular complexity index is 1290. The largest absolute Gasteiger partial charge is 0.496 e. The van der Waals surface area contributed by atoms with Crippen molar-refractivity contribution in [2.24, 2.45) is 0 Å². The Morgan fingerprint density at radius 3 is 2.64 bits per heavy atom. The molecule has 1 aliphatic heterocycles. The number of carbonyl (C=O) groups excluding carboxylic acids is 2. The molecule has 1 N–H and O–H groups in total. The van der Waals surface area contributed by atoms with E-state index in [0.29, 0.717) is 4.90 Å². The van der Waals surface area contributed by atoms with Gasteiger partial charge in [-0.2, -0.15) is 0 Å². The van der Waals surface area contributed by atoms with E-state index in [1.165, 1.54) is 30.7 Å². The first kappa shape index (κ1) is 22.4. The SMILES string of the molecule is COc1cccc(F)c1C(C)Oc1ccc(F)c(N2C(=O)Cc3csc(C(=O)O)c3C2=O)c1. The molecule has 2 heterocycles. The van der Waals surface area contributed by atoms with E-state index >= 15 is 0 Å². The van der Waals surface area contributed by atoms with Gasteiger partial charge in [0.2, 0.25) is 5.91 Å². The maximum Gasteiger partial charge on any atom is 0.346 e. The van der Waals surface area contributed by atoms with Crippen LogP contribution in [0.5, 0.6) is 11.5 Å². The van der Waals surface area contributed by atoms with Gasteiger partial charge in [0.15, 0.2) is 0 Å². The number of imide groups is 1. The minimum Gasteiger partial charge on any atom is -0.496 e. The number of thiophene rings is 1. The van der Waals surface area contributed by atoms with Crippen molar-refractivity contribution in [3.8, 4) is 11.5 Å². The number of amides is 2. The molecule has 10 heteroatoms. The summed E-state index contributed by atoms with van der Waals surface area (Å²) in [6, 6.07) is 7.73. The number of ether oxygens (including phenoxy) is 2. The third-order valence-electron chi connectivity index (χ3n) is 5.18. The minimum atomic E-state index is -1.31. The smallest absolute Gasteiger partial charge is 0.346 e. The van der Waals surface area contributed by atoms with Crippen LogP contribution in [0.1, 0.15) is 44.2 Å². The van der Waals surface area contributed by atoms with Crippen LogP contribution < -0.4 is 14.4 Å². The summed E-state index contributed by atoms with van der Waals surface area (Å²) in [5, 5.41) is 10.8. The van der Waals surface area contributed by atoms with Crippen molar-refractivity contribution in [2.45, 2.75) is 19.4 Å². The maximum absolute atomic E-state index is 14.7. The quantitative estimate of drug-likeness (QED) is 0.526. The Hall–Kier alpha value is -3.79. The van der Waals surface area contributed by atoms with Crippen LogP contribution in [0, 0.1) is 11.6 Å². The molecule has 3 aromatic rings. The summed E-state index contributed by atoms with van der Waals surface area (Å²) in [7, 11) is 1.39. The number of rotatable bonds is 6.